The van der Waals surface area contributed by atoms with Gasteiger partial charge in [0.15, 0.2) is 0 Å². The SMILES string of the molecule is CCc1ccccc1C(N)CC1Cc2ccccc21. The Labute approximate surface area is 115 Å². The summed E-state index contributed by atoms with van der Waals surface area (Å²) in [4.78, 5) is 0. The summed E-state index contributed by atoms with van der Waals surface area (Å²) in [6.45, 7) is 2.20. The van der Waals surface area contributed by atoms with E-state index in [-0.39, 0.29) is 6.04 Å². The van der Waals surface area contributed by atoms with Gasteiger partial charge in [-0.25, -0.2) is 0 Å². The average Bonchev–Trinajstić information content (AvgIpc) is 2.44. The number of hydrogen-bond donors (Lipinski definition) is 1. The molecule has 0 fully saturated rings. The fourth-order valence-electron chi connectivity index (χ4n) is 3.22. The summed E-state index contributed by atoms with van der Waals surface area (Å²) in [6, 6.07) is 17.5. The first-order valence-corrected chi connectivity index (χ1v) is 7.20. The fourth-order valence-corrected chi connectivity index (χ4v) is 3.22. The molecule has 2 unspecified atom stereocenters. The van der Waals surface area contributed by atoms with Gasteiger partial charge in [0, 0.05) is 6.04 Å². The van der Waals surface area contributed by atoms with Crippen LogP contribution in [0.1, 0.15) is 47.6 Å². The molecule has 2 N–H and O–H groups in total. The van der Waals surface area contributed by atoms with Crippen molar-refractivity contribution in [3.8, 4) is 0 Å². The van der Waals surface area contributed by atoms with Gasteiger partial charge in [0.25, 0.3) is 0 Å². The largest absolute Gasteiger partial charge is 0.324 e. The average molecular weight is 251 g/mol. The maximum absolute atomic E-state index is 6.44. The Hall–Kier alpha value is -1.60. The topological polar surface area (TPSA) is 26.0 Å². The molecule has 0 radical (unpaired) electrons. The van der Waals surface area contributed by atoms with Gasteiger partial charge in [-0.3, -0.25) is 0 Å². The minimum absolute atomic E-state index is 0.162. The zero-order chi connectivity index (χ0) is 13.2. The van der Waals surface area contributed by atoms with E-state index < -0.39 is 0 Å². The molecule has 0 bridgehead atoms. The molecule has 0 aliphatic heterocycles. The van der Waals surface area contributed by atoms with E-state index in [0.717, 1.165) is 12.8 Å². The van der Waals surface area contributed by atoms with Crippen LogP contribution in [0.5, 0.6) is 0 Å². The van der Waals surface area contributed by atoms with Crippen molar-refractivity contribution in [2.45, 2.75) is 38.1 Å². The summed E-state index contributed by atoms with van der Waals surface area (Å²) in [6.07, 6.45) is 3.32. The summed E-state index contributed by atoms with van der Waals surface area (Å²) in [5.74, 6) is 0.649. The highest BCUT2D eigenvalue weighted by Gasteiger charge is 2.27. The molecule has 0 heterocycles. The van der Waals surface area contributed by atoms with Gasteiger partial charge in [-0.15, -0.1) is 0 Å². The van der Waals surface area contributed by atoms with Crippen molar-refractivity contribution in [1.29, 1.82) is 0 Å². The van der Waals surface area contributed by atoms with Crippen LogP contribution >= 0.6 is 0 Å². The molecular formula is C18H21N. The third-order valence-corrected chi connectivity index (χ3v) is 4.34. The minimum Gasteiger partial charge on any atom is -0.324 e. The first kappa shape index (κ1) is 12.4. The molecule has 19 heavy (non-hydrogen) atoms. The molecule has 98 valence electrons. The molecule has 3 rings (SSSR count). The molecular weight excluding hydrogens is 230 g/mol. The van der Waals surface area contributed by atoms with Gasteiger partial charge >= 0.3 is 0 Å². The molecule has 2 atom stereocenters. The summed E-state index contributed by atoms with van der Waals surface area (Å²) in [5.41, 5.74) is 12.2. The molecule has 1 aliphatic carbocycles. The van der Waals surface area contributed by atoms with Crippen LogP contribution in [0.4, 0.5) is 0 Å². The van der Waals surface area contributed by atoms with E-state index in [4.69, 9.17) is 5.73 Å². The van der Waals surface area contributed by atoms with Crippen LogP contribution in [-0.2, 0) is 12.8 Å². The van der Waals surface area contributed by atoms with Gasteiger partial charge in [0.1, 0.15) is 0 Å². The quantitative estimate of drug-likeness (QED) is 0.874. The van der Waals surface area contributed by atoms with E-state index in [1.165, 1.54) is 28.7 Å². The Bertz CT molecular complexity index is 573. The molecule has 1 nitrogen and oxygen atoms in total. The van der Waals surface area contributed by atoms with Gasteiger partial charge in [-0.05, 0) is 47.4 Å². The van der Waals surface area contributed by atoms with Gasteiger partial charge in [0.2, 0.25) is 0 Å². The molecule has 2 aromatic rings. The Morgan fingerprint density at radius 3 is 2.63 bits per heavy atom. The summed E-state index contributed by atoms with van der Waals surface area (Å²) in [7, 11) is 0. The summed E-state index contributed by atoms with van der Waals surface area (Å²) in [5, 5.41) is 0. The Kier molecular flexibility index (Phi) is 3.39. The number of rotatable bonds is 4. The zero-order valence-electron chi connectivity index (χ0n) is 11.5. The minimum atomic E-state index is 0.162. The van der Waals surface area contributed by atoms with Crippen LogP contribution in [0.15, 0.2) is 48.5 Å². The summed E-state index contributed by atoms with van der Waals surface area (Å²) >= 11 is 0. The molecule has 0 saturated heterocycles. The van der Waals surface area contributed by atoms with Crippen LogP contribution in [0.2, 0.25) is 0 Å². The second-order valence-electron chi connectivity index (χ2n) is 5.49. The zero-order valence-corrected chi connectivity index (χ0v) is 11.5. The summed E-state index contributed by atoms with van der Waals surface area (Å²) < 4.78 is 0. The van der Waals surface area contributed by atoms with E-state index in [2.05, 4.69) is 55.5 Å². The standard InChI is InChI=1S/C18H21N/c1-2-13-7-3-6-10-17(13)18(19)12-15-11-14-8-4-5-9-16(14)15/h3-10,15,18H,2,11-12,19H2,1H3. The van der Waals surface area contributed by atoms with E-state index in [9.17, 15) is 0 Å². The maximum Gasteiger partial charge on any atom is 0.0303 e. The third kappa shape index (κ3) is 2.31. The van der Waals surface area contributed by atoms with Crippen LogP contribution in [0, 0.1) is 0 Å². The number of hydrogen-bond acceptors (Lipinski definition) is 1. The van der Waals surface area contributed by atoms with Crippen LogP contribution < -0.4 is 5.73 Å². The van der Waals surface area contributed by atoms with Crippen molar-refractivity contribution in [1.82, 2.24) is 0 Å². The highest BCUT2D eigenvalue weighted by Crippen LogP contribution is 2.40. The number of fused-ring (bicyclic) bond motifs is 1. The second kappa shape index (κ2) is 5.18. The molecule has 1 aliphatic rings. The highest BCUT2D eigenvalue weighted by molar-refractivity contribution is 5.40. The monoisotopic (exact) mass is 251 g/mol. The van der Waals surface area contributed by atoms with Gasteiger partial charge in [0.05, 0.1) is 0 Å². The molecule has 0 saturated carbocycles. The van der Waals surface area contributed by atoms with Gasteiger partial charge in [-0.2, -0.15) is 0 Å². The predicted octanol–water partition coefficient (Wildman–Crippen LogP) is 3.98. The van der Waals surface area contributed by atoms with Crippen molar-refractivity contribution in [3.63, 3.8) is 0 Å². The molecule has 2 aromatic carbocycles. The predicted molar refractivity (Wildman–Crippen MR) is 80.3 cm³/mol. The molecule has 0 aromatic heterocycles. The Morgan fingerprint density at radius 1 is 1.11 bits per heavy atom. The lowest BCUT2D eigenvalue weighted by atomic mass is 9.73. The molecule has 0 spiro atoms. The van der Waals surface area contributed by atoms with Gasteiger partial charge in [-0.1, -0.05) is 55.5 Å². The third-order valence-electron chi connectivity index (χ3n) is 4.34. The van der Waals surface area contributed by atoms with E-state index in [1.54, 1.807) is 0 Å². The number of nitrogens with two attached hydrogens (primary N) is 1. The first-order chi connectivity index (χ1) is 9.29. The molecule has 0 amide bonds. The fraction of sp³-hybridized carbons (Fsp3) is 0.333. The highest BCUT2D eigenvalue weighted by atomic mass is 14.6. The van der Waals surface area contributed by atoms with Crippen LogP contribution in [-0.4, -0.2) is 0 Å². The van der Waals surface area contributed by atoms with Crippen LogP contribution in [0.3, 0.4) is 0 Å². The van der Waals surface area contributed by atoms with E-state index >= 15 is 0 Å². The van der Waals surface area contributed by atoms with E-state index in [0.29, 0.717) is 5.92 Å². The van der Waals surface area contributed by atoms with Crippen molar-refractivity contribution in [2.75, 3.05) is 0 Å². The van der Waals surface area contributed by atoms with Crippen molar-refractivity contribution in [2.24, 2.45) is 5.73 Å². The Morgan fingerprint density at radius 2 is 1.84 bits per heavy atom. The molecule has 1 heteroatoms. The maximum atomic E-state index is 6.44. The Balaban J connectivity index is 1.75. The van der Waals surface area contributed by atoms with Crippen molar-refractivity contribution in [3.05, 3.63) is 70.8 Å². The number of aryl methyl sites for hydroxylation is 1. The first-order valence-electron chi connectivity index (χ1n) is 7.20. The lowest BCUT2D eigenvalue weighted by Gasteiger charge is -2.32. The van der Waals surface area contributed by atoms with E-state index in [1.807, 2.05) is 0 Å². The van der Waals surface area contributed by atoms with Crippen molar-refractivity contribution >= 4 is 0 Å². The lowest BCUT2D eigenvalue weighted by molar-refractivity contribution is 0.496. The normalized spacial score (nSPS) is 18.5. The van der Waals surface area contributed by atoms with Crippen molar-refractivity contribution < 1.29 is 0 Å². The smallest absolute Gasteiger partial charge is 0.0303 e. The second-order valence-corrected chi connectivity index (χ2v) is 5.49. The number of benzene rings is 2. The lowest BCUT2D eigenvalue weighted by Crippen LogP contribution is -2.23. The van der Waals surface area contributed by atoms with Gasteiger partial charge < -0.3 is 5.73 Å². The van der Waals surface area contributed by atoms with Crippen LogP contribution in [0.25, 0.3) is 0 Å².